The zero-order valence-corrected chi connectivity index (χ0v) is 23.1. The van der Waals surface area contributed by atoms with Gasteiger partial charge in [0.15, 0.2) is 11.5 Å². The average molecular weight is 558 g/mol. The van der Waals surface area contributed by atoms with Crippen LogP contribution in [0.5, 0.6) is 11.5 Å². The van der Waals surface area contributed by atoms with Crippen LogP contribution in [0.25, 0.3) is 0 Å². The van der Waals surface area contributed by atoms with E-state index in [0.29, 0.717) is 48.3 Å². The van der Waals surface area contributed by atoms with E-state index in [0.717, 1.165) is 12.0 Å². The molecule has 1 atom stereocenters. The van der Waals surface area contributed by atoms with Crippen molar-refractivity contribution in [3.05, 3.63) is 75.4 Å². The Morgan fingerprint density at radius 1 is 1.13 bits per heavy atom. The summed E-state index contributed by atoms with van der Waals surface area (Å²) in [5, 5.41) is 5.42. The number of benzene rings is 2. The molecule has 0 bridgehead atoms. The van der Waals surface area contributed by atoms with Gasteiger partial charge in [-0.15, -0.1) is 11.3 Å². The van der Waals surface area contributed by atoms with Crippen LogP contribution in [0.15, 0.2) is 60.0 Å². The van der Waals surface area contributed by atoms with Crippen LogP contribution in [0, 0.1) is 0 Å². The van der Waals surface area contributed by atoms with Gasteiger partial charge >= 0.3 is 6.03 Å². The Hall–Kier alpha value is -3.27. The Balaban J connectivity index is 1.50. The van der Waals surface area contributed by atoms with Gasteiger partial charge in [-0.3, -0.25) is 4.79 Å². The third kappa shape index (κ3) is 6.98. The third-order valence-corrected chi connectivity index (χ3v) is 7.58. The number of amides is 3. The molecule has 8 nitrogen and oxygen atoms in total. The molecule has 0 spiro atoms. The highest BCUT2D eigenvalue weighted by atomic mass is 35.5. The minimum absolute atomic E-state index is 0.0687. The van der Waals surface area contributed by atoms with E-state index in [2.05, 4.69) is 11.4 Å². The molecule has 0 radical (unpaired) electrons. The molecule has 0 saturated carbocycles. The molecule has 1 aliphatic rings. The molecule has 3 amide bonds. The summed E-state index contributed by atoms with van der Waals surface area (Å²) >= 11 is 7.77. The largest absolute Gasteiger partial charge is 0.493 e. The van der Waals surface area contributed by atoms with E-state index < -0.39 is 0 Å². The van der Waals surface area contributed by atoms with Crippen LogP contribution in [0.4, 0.5) is 10.5 Å². The Kier molecular flexibility index (Phi) is 9.86. The van der Waals surface area contributed by atoms with Crippen molar-refractivity contribution in [1.29, 1.82) is 0 Å². The summed E-state index contributed by atoms with van der Waals surface area (Å²) in [5.74, 6) is 1.11. The normalized spacial score (nSPS) is 14.5. The van der Waals surface area contributed by atoms with Crippen LogP contribution in [0.2, 0.25) is 5.02 Å². The van der Waals surface area contributed by atoms with Gasteiger partial charge in [0.1, 0.15) is 13.2 Å². The Labute approximate surface area is 232 Å². The fourth-order valence-corrected chi connectivity index (χ4v) is 5.57. The molecule has 1 aliphatic heterocycles. The number of urea groups is 1. The lowest BCUT2D eigenvalue weighted by atomic mass is 10.0. The molecule has 1 N–H and O–H groups in total. The van der Waals surface area contributed by atoms with Crippen LogP contribution >= 0.6 is 22.9 Å². The first-order valence-electron chi connectivity index (χ1n) is 12.4. The number of fused-ring (bicyclic) bond motifs is 1. The quantitative estimate of drug-likeness (QED) is 0.316. The fourth-order valence-electron chi connectivity index (χ4n) is 4.46. The van der Waals surface area contributed by atoms with Crippen molar-refractivity contribution in [1.82, 2.24) is 9.80 Å². The standard InChI is InChI=1S/C28H32ClN3O5S/c1-35-15-6-13-31(28(34)30-21-8-5-7-20(29)17-21)18-27(33)32-14-11-26-22(12-16-38-26)23(32)19-37-25-10-4-3-9-24(25)36-2/h3-5,7-10,12,16-17,23H,6,11,13-15,18-19H2,1-2H3,(H,30,34)/t23-/m0/s1. The van der Waals surface area contributed by atoms with Gasteiger partial charge in [-0.25, -0.2) is 4.79 Å². The number of methoxy groups -OCH3 is 2. The second-order valence-electron chi connectivity index (χ2n) is 8.82. The first kappa shape index (κ1) is 27.8. The van der Waals surface area contributed by atoms with Crippen molar-refractivity contribution < 1.29 is 23.8 Å². The summed E-state index contributed by atoms with van der Waals surface area (Å²) in [4.78, 5) is 31.5. The number of ether oxygens (including phenoxy) is 3. The fraction of sp³-hybridized carbons (Fsp3) is 0.357. The molecule has 4 rings (SSSR count). The summed E-state index contributed by atoms with van der Waals surface area (Å²) in [6, 6.07) is 15.8. The Morgan fingerprint density at radius 3 is 2.71 bits per heavy atom. The van der Waals surface area contributed by atoms with Crippen molar-refractivity contribution in [2.24, 2.45) is 0 Å². The summed E-state index contributed by atoms with van der Waals surface area (Å²) < 4.78 is 16.8. The number of carbonyl (C=O) groups excluding carboxylic acids is 2. The maximum atomic E-state index is 13.7. The molecule has 0 saturated heterocycles. The number of nitrogens with one attached hydrogen (secondary N) is 1. The van der Waals surface area contributed by atoms with Gasteiger partial charge in [-0.05, 0) is 60.2 Å². The minimum Gasteiger partial charge on any atom is -0.493 e. The third-order valence-electron chi connectivity index (χ3n) is 6.35. The molecule has 0 fully saturated rings. The van der Waals surface area contributed by atoms with Crippen LogP contribution in [0.3, 0.4) is 0 Å². The highest BCUT2D eigenvalue weighted by Crippen LogP contribution is 2.35. The molecular formula is C28H32ClN3O5S. The zero-order valence-electron chi connectivity index (χ0n) is 21.5. The number of hydrogen-bond acceptors (Lipinski definition) is 6. The number of thiophene rings is 1. The second kappa shape index (κ2) is 13.5. The lowest BCUT2D eigenvalue weighted by molar-refractivity contribution is -0.135. The van der Waals surface area contributed by atoms with E-state index in [4.69, 9.17) is 25.8 Å². The van der Waals surface area contributed by atoms with Gasteiger partial charge in [-0.1, -0.05) is 29.8 Å². The summed E-state index contributed by atoms with van der Waals surface area (Å²) in [6.45, 7) is 1.60. The number of rotatable bonds is 11. The number of nitrogens with zero attached hydrogens (tertiary/aromatic N) is 2. The van der Waals surface area contributed by atoms with E-state index in [1.54, 1.807) is 49.8 Å². The molecule has 0 aliphatic carbocycles. The molecule has 202 valence electrons. The van der Waals surface area contributed by atoms with Crippen LogP contribution in [-0.4, -0.2) is 68.8 Å². The highest BCUT2D eigenvalue weighted by molar-refractivity contribution is 7.10. The van der Waals surface area contributed by atoms with E-state index in [-0.39, 0.29) is 31.1 Å². The predicted octanol–water partition coefficient (Wildman–Crippen LogP) is 5.49. The van der Waals surface area contributed by atoms with Gasteiger partial charge in [-0.2, -0.15) is 0 Å². The van der Waals surface area contributed by atoms with E-state index in [1.807, 2.05) is 34.5 Å². The van der Waals surface area contributed by atoms with Gasteiger partial charge in [0.2, 0.25) is 5.91 Å². The monoisotopic (exact) mass is 557 g/mol. The molecular weight excluding hydrogens is 526 g/mol. The summed E-state index contributed by atoms with van der Waals surface area (Å²) in [6.07, 6.45) is 1.37. The van der Waals surface area contributed by atoms with Crippen LogP contribution < -0.4 is 14.8 Å². The van der Waals surface area contributed by atoms with Crippen molar-refractivity contribution in [3.63, 3.8) is 0 Å². The Bertz CT molecular complexity index is 1240. The highest BCUT2D eigenvalue weighted by Gasteiger charge is 2.33. The first-order valence-corrected chi connectivity index (χ1v) is 13.7. The van der Waals surface area contributed by atoms with Gasteiger partial charge in [0.25, 0.3) is 0 Å². The predicted molar refractivity (Wildman–Crippen MR) is 150 cm³/mol. The number of halogens is 1. The minimum atomic E-state index is -0.369. The van der Waals surface area contributed by atoms with Crippen LogP contribution in [0.1, 0.15) is 22.9 Å². The number of hydrogen-bond donors (Lipinski definition) is 1. The van der Waals surface area contributed by atoms with E-state index >= 15 is 0 Å². The molecule has 38 heavy (non-hydrogen) atoms. The van der Waals surface area contributed by atoms with Crippen molar-refractivity contribution in [3.8, 4) is 11.5 Å². The Morgan fingerprint density at radius 2 is 1.95 bits per heavy atom. The van der Waals surface area contributed by atoms with Crippen molar-refractivity contribution >= 4 is 40.6 Å². The molecule has 2 heterocycles. The summed E-state index contributed by atoms with van der Waals surface area (Å²) in [5.41, 5.74) is 1.65. The van der Waals surface area contributed by atoms with Gasteiger partial charge in [0.05, 0.1) is 13.2 Å². The zero-order chi connectivity index (χ0) is 26.9. The van der Waals surface area contributed by atoms with Crippen molar-refractivity contribution in [2.45, 2.75) is 18.9 Å². The molecule has 2 aromatic carbocycles. The van der Waals surface area contributed by atoms with E-state index in [1.165, 1.54) is 9.78 Å². The van der Waals surface area contributed by atoms with Crippen molar-refractivity contribution in [2.75, 3.05) is 52.4 Å². The lowest BCUT2D eigenvalue weighted by Gasteiger charge is -2.37. The maximum absolute atomic E-state index is 13.7. The molecule has 3 aromatic rings. The van der Waals surface area contributed by atoms with Crippen LogP contribution in [-0.2, 0) is 16.0 Å². The SMILES string of the molecule is COCCCN(CC(=O)N1CCc2sccc2[C@@H]1COc1ccccc1OC)C(=O)Nc1cccc(Cl)c1. The lowest BCUT2D eigenvalue weighted by Crippen LogP contribution is -2.49. The number of carbonyl (C=O) groups is 2. The maximum Gasteiger partial charge on any atom is 0.322 e. The van der Waals surface area contributed by atoms with Gasteiger partial charge < -0.3 is 29.3 Å². The average Bonchev–Trinajstić information content (AvgIpc) is 3.40. The summed E-state index contributed by atoms with van der Waals surface area (Å²) in [7, 11) is 3.21. The molecule has 10 heteroatoms. The molecule has 1 aromatic heterocycles. The topological polar surface area (TPSA) is 80.3 Å². The van der Waals surface area contributed by atoms with Gasteiger partial charge in [0, 0.05) is 42.4 Å². The molecule has 0 unspecified atom stereocenters. The smallest absolute Gasteiger partial charge is 0.322 e. The number of anilines is 1. The van der Waals surface area contributed by atoms with E-state index in [9.17, 15) is 9.59 Å². The first-order chi connectivity index (χ1) is 18.5. The number of para-hydroxylation sites is 2. The second-order valence-corrected chi connectivity index (χ2v) is 10.3.